The summed E-state index contributed by atoms with van der Waals surface area (Å²) in [6.45, 7) is 6.11. The number of nitrogens with two attached hydrogens (primary N) is 1. The van der Waals surface area contributed by atoms with E-state index in [9.17, 15) is 0 Å². The maximum absolute atomic E-state index is 5.90. The molecule has 0 aliphatic carbocycles. The molecule has 2 heterocycles. The van der Waals surface area contributed by atoms with Gasteiger partial charge in [0, 0.05) is 30.9 Å². The third-order valence-electron chi connectivity index (χ3n) is 3.10. The molecule has 2 N–H and O–H groups in total. The van der Waals surface area contributed by atoms with E-state index >= 15 is 0 Å². The first kappa shape index (κ1) is 11.3. The molecule has 4 nitrogen and oxygen atoms in total. The van der Waals surface area contributed by atoms with E-state index in [1.54, 1.807) is 0 Å². The number of aryl methyl sites for hydroxylation is 2. The Morgan fingerprint density at radius 1 is 1.38 bits per heavy atom. The first-order valence-corrected chi connectivity index (χ1v) is 6.04. The van der Waals surface area contributed by atoms with Crippen LogP contribution in [-0.2, 0) is 6.42 Å². The molecule has 1 saturated heterocycles. The van der Waals surface area contributed by atoms with Gasteiger partial charge < -0.3 is 10.6 Å². The molecule has 88 valence electrons. The zero-order valence-corrected chi connectivity index (χ0v) is 10.1. The zero-order chi connectivity index (χ0) is 11.5. The van der Waals surface area contributed by atoms with Crippen molar-refractivity contribution in [1.82, 2.24) is 9.97 Å². The van der Waals surface area contributed by atoms with Gasteiger partial charge in [-0.15, -0.1) is 0 Å². The van der Waals surface area contributed by atoms with E-state index in [4.69, 9.17) is 5.73 Å². The molecule has 1 fully saturated rings. The van der Waals surface area contributed by atoms with Crippen molar-refractivity contribution < 1.29 is 0 Å². The second kappa shape index (κ2) is 4.78. The van der Waals surface area contributed by atoms with Crippen LogP contribution in [0.1, 0.15) is 31.3 Å². The Bertz CT molecular complexity index is 356. The minimum Gasteiger partial charge on any atom is -0.356 e. The Labute approximate surface area is 96.9 Å². The number of anilines is 1. The molecule has 16 heavy (non-hydrogen) atoms. The van der Waals surface area contributed by atoms with Crippen molar-refractivity contribution in [3.63, 3.8) is 0 Å². The molecule has 0 spiro atoms. The molecule has 4 heteroatoms. The van der Waals surface area contributed by atoms with Crippen molar-refractivity contribution in [2.45, 2.75) is 39.2 Å². The third-order valence-corrected chi connectivity index (χ3v) is 3.10. The number of hydrogen-bond donors (Lipinski definition) is 1. The molecule has 0 amide bonds. The van der Waals surface area contributed by atoms with Crippen LogP contribution in [0.15, 0.2) is 6.07 Å². The van der Waals surface area contributed by atoms with Crippen LogP contribution in [0.5, 0.6) is 0 Å². The van der Waals surface area contributed by atoms with Crippen LogP contribution in [0.3, 0.4) is 0 Å². The minimum absolute atomic E-state index is 0.366. The largest absolute Gasteiger partial charge is 0.356 e. The summed E-state index contributed by atoms with van der Waals surface area (Å²) in [6.07, 6.45) is 3.08. The molecule has 0 aromatic carbocycles. The zero-order valence-electron chi connectivity index (χ0n) is 10.1. The van der Waals surface area contributed by atoms with E-state index in [1.165, 1.54) is 0 Å². The minimum atomic E-state index is 0.366. The van der Waals surface area contributed by atoms with Crippen LogP contribution >= 0.6 is 0 Å². The highest BCUT2D eigenvalue weighted by Gasteiger charge is 2.17. The van der Waals surface area contributed by atoms with Gasteiger partial charge in [0.15, 0.2) is 0 Å². The predicted octanol–water partition coefficient (Wildman–Crippen LogP) is 1.27. The van der Waals surface area contributed by atoms with Gasteiger partial charge in [0.1, 0.15) is 11.6 Å². The van der Waals surface area contributed by atoms with Gasteiger partial charge in [-0.1, -0.05) is 6.92 Å². The molecule has 2 rings (SSSR count). The average molecular weight is 220 g/mol. The van der Waals surface area contributed by atoms with Crippen molar-refractivity contribution in [1.29, 1.82) is 0 Å². The molecule has 0 saturated carbocycles. The predicted molar refractivity (Wildman–Crippen MR) is 65.6 cm³/mol. The van der Waals surface area contributed by atoms with E-state index in [2.05, 4.69) is 27.9 Å². The summed E-state index contributed by atoms with van der Waals surface area (Å²) < 4.78 is 0. The smallest absolute Gasteiger partial charge is 0.132 e. The molecule has 0 unspecified atom stereocenters. The van der Waals surface area contributed by atoms with E-state index in [1.807, 2.05) is 6.92 Å². The summed E-state index contributed by atoms with van der Waals surface area (Å²) in [7, 11) is 0. The molecule has 0 radical (unpaired) electrons. The lowest BCUT2D eigenvalue weighted by Gasteiger charge is -2.31. The number of nitrogens with zero attached hydrogens (tertiary/aromatic N) is 3. The summed E-state index contributed by atoms with van der Waals surface area (Å²) in [4.78, 5) is 11.2. The molecule has 1 aliphatic heterocycles. The Morgan fingerprint density at radius 2 is 2.06 bits per heavy atom. The monoisotopic (exact) mass is 220 g/mol. The second-order valence-corrected chi connectivity index (χ2v) is 4.44. The number of aromatic nitrogens is 2. The first-order valence-electron chi connectivity index (χ1n) is 6.04. The standard InChI is InChI=1S/C12H20N4/c1-3-11-8-12(15-9(2)14-11)16-6-4-10(13)5-7-16/h8,10H,3-7,13H2,1-2H3. The van der Waals surface area contributed by atoms with Crippen LogP contribution in [0.2, 0.25) is 0 Å². The quantitative estimate of drug-likeness (QED) is 0.815. The third kappa shape index (κ3) is 2.50. The first-order chi connectivity index (χ1) is 7.69. The Hall–Kier alpha value is -1.16. The fourth-order valence-corrected chi connectivity index (χ4v) is 2.08. The molecule has 1 aromatic heterocycles. The highest BCUT2D eigenvalue weighted by molar-refractivity contribution is 5.40. The fourth-order valence-electron chi connectivity index (χ4n) is 2.08. The van der Waals surface area contributed by atoms with Crippen LogP contribution in [0.25, 0.3) is 0 Å². The lowest BCUT2D eigenvalue weighted by Crippen LogP contribution is -2.40. The fraction of sp³-hybridized carbons (Fsp3) is 0.667. The Kier molecular flexibility index (Phi) is 3.39. The van der Waals surface area contributed by atoms with Gasteiger partial charge in [0.25, 0.3) is 0 Å². The van der Waals surface area contributed by atoms with Gasteiger partial charge in [-0.3, -0.25) is 0 Å². The normalized spacial score (nSPS) is 17.8. The highest BCUT2D eigenvalue weighted by Crippen LogP contribution is 2.18. The van der Waals surface area contributed by atoms with Crippen LogP contribution in [0.4, 0.5) is 5.82 Å². The molecule has 0 atom stereocenters. The average Bonchev–Trinajstić information content (AvgIpc) is 2.29. The molecule has 1 aromatic rings. The van der Waals surface area contributed by atoms with Gasteiger partial charge in [0.2, 0.25) is 0 Å². The van der Waals surface area contributed by atoms with E-state index in [0.29, 0.717) is 6.04 Å². The molecular formula is C12H20N4. The van der Waals surface area contributed by atoms with Gasteiger partial charge in [-0.2, -0.15) is 0 Å². The summed E-state index contributed by atoms with van der Waals surface area (Å²) in [5.74, 6) is 1.93. The van der Waals surface area contributed by atoms with Crippen molar-refractivity contribution in [3.05, 3.63) is 17.6 Å². The van der Waals surface area contributed by atoms with Crippen molar-refractivity contribution in [2.75, 3.05) is 18.0 Å². The topological polar surface area (TPSA) is 55.0 Å². The summed E-state index contributed by atoms with van der Waals surface area (Å²) in [5.41, 5.74) is 7.02. The summed E-state index contributed by atoms with van der Waals surface area (Å²) in [6, 6.07) is 2.47. The lowest BCUT2D eigenvalue weighted by atomic mass is 10.1. The van der Waals surface area contributed by atoms with Crippen LogP contribution in [-0.4, -0.2) is 29.1 Å². The molecule has 0 bridgehead atoms. The highest BCUT2D eigenvalue weighted by atomic mass is 15.2. The van der Waals surface area contributed by atoms with Crippen molar-refractivity contribution in [3.8, 4) is 0 Å². The Morgan fingerprint density at radius 3 is 2.69 bits per heavy atom. The van der Waals surface area contributed by atoms with Gasteiger partial charge in [0.05, 0.1) is 0 Å². The van der Waals surface area contributed by atoms with Crippen LogP contribution < -0.4 is 10.6 Å². The van der Waals surface area contributed by atoms with Gasteiger partial charge in [-0.25, -0.2) is 9.97 Å². The number of piperidine rings is 1. The summed E-state index contributed by atoms with van der Waals surface area (Å²) >= 11 is 0. The summed E-state index contributed by atoms with van der Waals surface area (Å²) in [5, 5.41) is 0. The SMILES string of the molecule is CCc1cc(N2CCC(N)CC2)nc(C)n1. The van der Waals surface area contributed by atoms with Crippen molar-refractivity contribution in [2.24, 2.45) is 5.73 Å². The number of rotatable bonds is 2. The Balaban J connectivity index is 2.16. The maximum atomic E-state index is 5.90. The molecule has 1 aliphatic rings. The maximum Gasteiger partial charge on any atom is 0.132 e. The van der Waals surface area contributed by atoms with Gasteiger partial charge in [-0.05, 0) is 26.2 Å². The van der Waals surface area contributed by atoms with E-state index < -0.39 is 0 Å². The number of hydrogen-bond acceptors (Lipinski definition) is 4. The van der Waals surface area contributed by atoms with Crippen LogP contribution in [0, 0.1) is 6.92 Å². The van der Waals surface area contributed by atoms with E-state index in [0.717, 1.165) is 49.7 Å². The van der Waals surface area contributed by atoms with Gasteiger partial charge >= 0.3 is 0 Å². The lowest BCUT2D eigenvalue weighted by molar-refractivity contribution is 0.498. The molecular weight excluding hydrogens is 200 g/mol. The van der Waals surface area contributed by atoms with Crippen molar-refractivity contribution >= 4 is 5.82 Å². The second-order valence-electron chi connectivity index (χ2n) is 4.44. The van der Waals surface area contributed by atoms with E-state index in [-0.39, 0.29) is 0 Å².